The molecule has 1 aliphatic heterocycles. The van der Waals surface area contributed by atoms with Crippen LogP contribution in [-0.4, -0.2) is 32.5 Å². The van der Waals surface area contributed by atoms with Gasteiger partial charge in [-0.25, -0.2) is 8.42 Å². The molecule has 3 nitrogen and oxygen atoms in total. The fraction of sp³-hybridized carbons (Fsp3) is 0.571. The van der Waals surface area contributed by atoms with Gasteiger partial charge in [0.05, 0.1) is 11.0 Å². The van der Waals surface area contributed by atoms with Crippen LogP contribution < -0.4 is 5.32 Å². The third kappa shape index (κ3) is 3.58. The molecule has 2 rings (SSSR count). The molecular formula is C14H20BrNO2S. The maximum atomic E-state index is 12.2. The molecule has 0 spiro atoms. The number of nitrogens with one attached hydrogen (secondary N) is 1. The van der Waals surface area contributed by atoms with E-state index in [-0.39, 0.29) is 11.3 Å². The summed E-state index contributed by atoms with van der Waals surface area (Å²) in [5.74, 6) is 0.339. The molecule has 106 valence electrons. The highest BCUT2D eigenvalue weighted by molar-refractivity contribution is 9.10. The third-order valence-electron chi connectivity index (χ3n) is 3.85. The second kappa shape index (κ2) is 6.37. The van der Waals surface area contributed by atoms with Crippen molar-refractivity contribution in [3.05, 3.63) is 34.3 Å². The highest BCUT2D eigenvalue weighted by Crippen LogP contribution is 2.26. The largest absolute Gasteiger partial charge is 0.315 e. The Bertz CT molecular complexity index is 530. The lowest BCUT2D eigenvalue weighted by atomic mass is 10.00. The first-order chi connectivity index (χ1) is 9.04. The van der Waals surface area contributed by atoms with Gasteiger partial charge in [-0.3, -0.25) is 0 Å². The summed E-state index contributed by atoms with van der Waals surface area (Å²) in [5.41, 5.74) is 1.16. The fourth-order valence-corrected chi connectivity index (χ4v) is 5.37. The van der Waals surface area contributed by atoms with Crippen molar-refractivity contribution in [3.8, 4) is 0 Å². The van der Waals surface area contributed by atoms with Gasteiger partial charge >= 0.3 is 0 Å². The zero-order valence-corrected chi connectivity index (χ0v) is 13.5. The molecule has 1 N–H and O–H groups in total. The Morgan fingerprint density at radius 2 is 2.11 bits per heavy atom. The van der Waals surface area contributed by atoms with Gasteiger partial charge in [-0.15, -0.1) is 0 Å². The Kier molecular flexibility index (Phi) is 5.03. The summed E-state index contributed by atoms with van der Waals surface area (Å²) in [4.78, 5) is 0. The third-order valence-corrected chi connectivity index (χ3v) is 6.96. The lowest BCUT2D eigenvalue weighted by Crippen LogP contribution is -2.46. The van der Waals surface area contributed by atoms with Crippen molar-refractivity contribution in [1.82, 2.24) is 5.32 Å². The molecule has 1 aromatic carbocycles. The van der Waals surface area contributed by atoms with E-state index in [1.807, 2.05) is 31.3 Å². The Balaban J connectivity index is 2.18. The fourth-order valence-electron chi connectivity index (χ4n) is 2.75. The van der Waals surface area contributed by atoms with Crippen LogP contribution in [0.25, 0.3) is 0 Å². The van der Waals surface area contributed by atoms with Gasteiger partial charge in [0.15, 0.2) is 9.84 Å². The van der Waals surface area contributed by atoms with Crippen molar-refractivity contribution in [1.29, 1.82) is 0 Å². The number of sulfone groups is 1. The number of halogens is 1. The molecular weight excluding hydrogens is 326 g/mol. The van der Waals surface area contributed by atoms with Crippen molar-refractivity contribution < 1.29 is 8.42 Å². The minimum atomic E-state index is -2.95. The summed E-state index contributed by atoms with van der Waals surface area (Å²) in [6.07, 6.45) is 3.34. The number of benzene rings is 1. The molecule has 0 amide bonds. The van der Waals surface area contributed by atoms with Gasteiger partial charge < -0.3 is 5.32 Å². The molecule has 19 heavy (non-hydrogen) atoms. The molecule has 0 saturated carbocycles. The first kappa shape index (κ1) is 15.0. The van der Waals surface area contributed by atoms with Crippen LogP contribution in [0.1, 0.15) is 24.8 Å². The van der Waals surface area contributed by atoms with E-state index in [9.17, 15) is 8.42 Å². The van der Waals surface area contributed by atoms with Crippen molar-refractivity contribution >= 4 is 25.8 Å². The lowest BCUT2D eigenvalue weighted by Gasteiger charge is -2.30. The molecule has 5 heteroatoms. The van der Waals surface area contributed by atoms with E-state index in [0.29, 0.717) is 5.75 Å². The topological polar surface area (TPSA) is 46.2 Å². The maximum absolute atomic E-state index is 12.2. The zero-order chi connectivity index (χ0) is 13.9. The summed E-state index contributed by atoms with van der Waals surface area (Å²) < 4.78 is 25.5. The summed E-state index contributed by atoms with van der Waals surface area (Å²) in [7, 11) is -1.09. The molecule has 1 aromatic rings. The number of rotatable bonds is 4. The van der Waals surface area contributed by atoms with E-state index >= 15 is 0 Å². The first-order valence-electron chi connectivity index (χ1n) is 6.67. The minimum Gasteiger partial charge on any atom is -0.315 e. The van der Waals surface area contributed by atoms with Crippen LogP contribution >= 0.6 is 15.9 Å². The lowest BCUT2D eigenvalue weighted by molar-refractivity contribution is 0.456. The molecule has 0 bridgehead atoms. The van der Waals surface area contributed by atoms with Gasteiger partial charge in [0.2, 0.25) is 0 Å². The van der Waals surface area contributed by atoms with E-state index in [1.54, 1.807) is 0 Å². The monoisotopic (exact) mass is 345 g/mol. The van der Waals surface area contributed by atoms with E-state index < -0.39 is 9.84 Å². The molecule has 0 radical (unpaired) electrons. The normalized spacial score (nSPS) is 24.0. The average Bonchev–Trinajstić information content (AvgIpc) is 2.38. The number of likely N-dealkylation sites (N-methyl/N-ethyl adjacent to an activating group) is 1. The second-order valence-electron chi connectivity index (χ2n) is 5.09. The quantitative estimate of drug-likeness (QED) is 0.911. The van der Waals surface area contributed by atoms with Gasteiger partial charge in [-0.2, -0.15) is 0 Å². The second-order valence-corrected chi connectivity index (χ2v) is 8.29. The summed E-state index contributed by atoms with van der Waals surface area (Å²) in [6.45, 7) is 0. The van der Waals surface area contributed by atoms with Crippen LogP contribution in [-0.2, 0) is 16.3 Å². The van der Waals surface area contributed by atoms with Gasteiger partial charge in [0, 0.05) is 10.5 Å². The molecule has 2 unspecified atom stereocenters. The zero-order valence-electron chi connectivity index (χ0n) is 11.1. The molecule has 1 saturated heterocycles. The Hall–Kier alpha value is -0.390. The van der Waals surface area contributed by atoms with Crippen molar-refractivity contribution in [2.24, 2.45) is 0 Å². The van der Waals surface area contributed by atoms with Crippen LogP contribution in [0, 0.1) is 0 Å². The average molecular weight is 346 g/mol. The smallest absolute Gasteiger partial charge is 0.154 e. The summed E-state index contributed by atoms with van der Waals surface area (Å²) in [6, 6.07) is 7.99. The first-order valence-corrected chi connectivity index (χ1v) is 9.17. The van der Waals surface area contributed by atoms with Crippen LogP contribution in [0.3, 0.4) is 0 Å². The van der Waals surface area contributed by atoms with E-state index in [2.05, 4.69) is 21.2 Å². The predicted molar refractivity (Wildman–Crippen MR) is 82.1 cm³/mol. The van der Waals surface area contributed by atoms with E-state index in [4.69, 9.17) is 0 Å². The van der Waals surface area contributed by atoms with Gasteiger partial charge in [-0.05, 0) is 37.9 Å². The number of hydrogen-bond acceptors (Lipinski definition) is 3. The number of hydrogen-bond donors (Lipinski definition) is 1. The van der Waals surface area contributed by atoms with Crippen LogP contribution in [0.15, 0.2) is 28.7 Å². The Morgan fingerprint density at radius 1 is 1.37 bits per heavy atom. The Morgan fingerprint density at radius 3 is 2.74 bits per heavy atom. The molecule has 0 aliphatic carbocycles. The molecule has 1 fully saturated rings. The SMILES string of the molecule is CNC(Cc1ccccc1Br)C1CCCCS1(=O)=O. The Labute approximate surface area is 123 Å². The van der Waals surface area contributed by atoms with Crippen molar-refractivity contribution in [2.75, 3.05) is 12.8 Å². The maximum Gasteiger partial charge on any atom is 0.154 e. The standard InChI is InChI=1S/C14H20BrNO2S/c1-16-13(10-11-6-2-3-7-12(11)15)14-8-4-5-9-19(14,17)18/h2-3,6-7,13-14,16H,4-5,8-10H2,1H3. The van der Waals surface area contributed by atoms with Gasteiger partial charge in [0.25, 0.3) is 0 Å². The van der Waals surface area contributed by atoms with Gasteiger partial charge in [0.1, 0.15) is 0 Å². The molecule has 1 aliphatic rings. The molecule has 0 aromatic heterocycles. The highest BCUT2D eigenvalue weighted by Gasteiger charge is 2.34. The van der Waals surface area contributed by atoms with Crippen LogP contribution in [0.4, 0.5) is 0 Å². The van der Waals surface area contributed by atoms with Crippen LogP contribution in [0.5, 0.6) is 0 Å². The predicted octanol–water partition coefficient (Wildman–Crippen LogP) is 2.55. The molecule has 1 heterocycles. The van der Waals surface area contributed by atoms with E-state index in [0.717, 1.165) is 35.7 Å². The van der Waals surface area contributed by atoms with Gasteiger partial charge in [-0.1, -0.05) is 40.5 Å². The summed E-state index contributed by atoms with van der Waals surface area (Å²) >= 11 is 3.53. The van der Waals surface area contributed by atoms with E-state index in [1.165, 1.54) is 0 Å². The van der Waals surface area contributed by atoms with Crippen molar-refractivity contribution in [3.63, 3.8) is 0 Å². The van der Waals surface area contributed by atoms with Crippen molar-refractivity contribution in [2.45, 2.75) is 37.0 Å². The van der Waals surface area contributed by atoms with Crippen LogP contribution in [0.2, 0.25) is 0 Å². The summed E-state index contributed by atoms with van der Waals surface area (Å²) in [5, 5.41) is 2.95. The molecule has 2 atom stereocenters. The highest BCUT2D eigenvalue weighted by atomic mass is 79.9. The minimum absolute atomic E-state index is 0.0102.